The molecular formula is C14H19ClO3. The third kappa shape index (κ3) is 5.52. The highest BCUT2D eigenvalue weighted by Gasteiger charge is 2.17. The van der Waals surface area contributed by atoms with Gasteiger partial charge in [0.1, 0.15) is 0 Å². The van der Waals surface area contributed by atoms with Gasteiger partial charge in [0.05, 0.1) is 5.92 Å². The van der Waals surface area contributed by atoms with E-state index in [4.69, 9.17) is 16.3 Å². The highest BCUT2D eigenvalue weighted by Crippen LogP contribution is 2.17. The van der Waals surface area contributed by atoms with Crippen molar-refractivity contribution in [3.8, 4) is 0 Å². The van der Waals surface area contributed by atoms with Crippen LogP contribution < -0.4 is 0 Å². The van der Waals surface area contributed by atoms with Crippen molar-refractivity contribution in [1.29, 1.82) is 0 Å². The number of hydrogen-bond acceptors (Lipinski definition) is 2. The van der Waals surface area contributed by atoms with E-state index in [1.807, 2.05) is 19.1 Å². The van der Waals surface area contributed by atoms with Crippen LogP contribution in [0.1, 0.15) is 25.3 Å². The Hall–Kier alpha value is -1.06. The van der Waals surface area contributed by atoms with Crippen LogP contribution in [-0.2, 0) is 16.0 Å². The largest absolute Gasteiger partial charge is 0.481 e. The summed E-state index contributed by atoms with van der Waals surface area (Å²) >= 11 is 5.80. The zero-order chi connectivity index (χ0) is 13.4. The molecule has 1 N–H and O–H groups in total. The second kappa shape index (κ2) is 8.11. The number of ether oxygens (including phenoxy) is 1. The van der Waals surface area contributed by atoms with Crippen molar-refractivity contribution < 1.29 is 14.6 Å². The molecule has 1 aromatic rings. The van der Waals surface area contributed by atoms with Crippen LogP contribution in [0.15, 0.2) is 24.3 Å². The van der Waals surface area contributed by atoms with Gasteiger partial charge in [-0.2, -0.15) is 0 Å². The first-order valence-electron chi connectivity index (χ1n) is 6.18. The predicted octanol–water partition coefficient (Wildman–Crippen LogP) is 3.40. The van der Waals surface area contributed by atoms with E-state index >= 15 is 0 Å². The van der Waals surface area contributed by atoms with Crippen molar-refractivity contribution in [3.05, 3.63) is 34.9 Å². The number of carboxylic acids is 1. The average Bonchev–Trinajstić information content (AvgIpc) is 2.35. The lowest BCUT2D eigenvalue weighted by molar-refractivity contribution is -0.142. The van der Waals surface area contributed by atoms with Gasteiger partial charge in [-0.1, -0.05) is 23.7 Å². The fraction of sp³-hybridized carbons (Fsp3) is 0.500. The number of halogens is 1. The van der Waals surface area contributed by atoms with Gasteiger partial charge in [0.25, 0.3) is 0 Å². The van der Waals surface area contributed by atoms with E-state index in [-0.39, 0.29) is 5.92 Å². The van der Waals surface area contributed by atoms with Crippen molar-refractivity contribution >= 4 is 17.6 Å². The van der Waals surface area contributed by atoms with E-state index in [1.165, 1.54) is 0 Å². The zero-order valence-corrected chi connectivity index (χ0v) is 11.3. The molecule has 0 radical (unpaired) electrons. The molecule has 1 unspecified atom stereocenters. The molecule has 0 bridgehead atoms. The number of carbonyl (C=O) groups is 1. The molecule has 0 fully saturated rings. The van der Waals surface area contributed by atoms with Crippen LogP contribution >= 0.6 is 11.6 Å². The van der Waals surface area contributed by atoms with Crippen molar-refractivity contribution in [1.82, 2.24) is 0 Å². The number of benzene rings is 1. The van der Waals surface area contributed by atoms with Gasteiger partial charge in [-0.3, -0.25) is 4.79 Å². The predicted molar refractivity (Wildman–Crippen MR) is 72.0 cm³/mol. The standard InChI is InChI=1S/C14H19ClO3/c1-2-18-9-3-4-12(14(16)17)10-11-5-7-13(15)8-6-11/h5-8,12H,2-4,9-10H2,1H3,(H,16,17). The zero-order valence-electron chi connectivity index (χ0n) is 10.6. The molecule has 0 aromatic heterocycles. The van der Waals surface area contributed by atoms with Crippen LogP contribution in [0.4, 0.5) is 0 Å². The molecule has 4 heteroatoms. The van der Waals surface area contributed by atoms with Gasteiger partial charge in [0.2, 0.25) is 0 Å². The Balaban J connectivity index is 2.47. The lowest BCUT2D eigenvalue weighted by Gasteiger charge is -2.12. The van der Waals surface area contributed by atoms with E-state index in [9.17, 15) is 9.90 Å². The number of rotatable bonds is 8. The van der Waals surface area contributed by atoms with Gasteiger partial charge in [-0.15, -0.1) is 0 Å². The molecule has 0 aliphatic carbocycles. The molecule has 1 atom stereocenters. The molecule has 0 amide bonds. The number of hydrogen-bond donors (Lipinski definition) is 1. The van der Waals surface area contributed by atoms with E-state index < -0.39 is 5.97 Å². The quantitative estimate of drug-likeness (QED) is 0.737. The summed E-state index contributed by atoms with van der Waals surface area (Å²) in [6.07, 6.45) is 1.95. The van der Waals surface area contributed by atoms with Crippen molar-refractivity contribution in [2.24, 2.45) is 5.92 Å². The summed E-state index contributed by atoms with van der Waals surface area (Å²) in [5.41, 5.74) is 1.00. The molecule has 18 heavy (non-hydrogen) atoms. The lowest BCUT2D eigenvalue weighted by atomic mass is 9.95. The Bertz CT molecular complexity index is 362. The first-order valence-corrected chi connectivity index (χ1v) is 6.56. The third-order valence-electron chi connectivity index (χ3n) is 2.79. The Labute approximate surface area is 113 Å². The van der Waals surface area contributed by atoms with E-state index in [0.717, 1.165) is 12.0 Å². The van der Waals surface area contributed by atoms with Crippen LogP contribution in [0.25, 0.3) is 0 Å². The lowest BCUT2D eigenvalue weighted by Crippen LogP contribution is -2.17. The van der Waals surface area contributed by atoms with Crippen LogP contribution in [-0.4, -0.2) is 24.3 Å². The van der Waals surface area contributed by atoms with Gasteiger partial charge >= 0.3 is 5.97 Å². The summed E-state index contributed by atoms with van der Waals surface area (Å²) in [6.45, 7) is 3.23. The fourth-order valence-corrected chi connectivity index (χ4v) is 1.92. The SMILES string of the molecule is CCOCCCC(Cc1ccc(Cl)cc1)C(=O)O. The third-order valence-corrected chi connectivity index (χ3v) is 3.04. The summed E-state index contributed by atoms with van der Waals surface area (Å²) in [4.78, 5) is 11.2. The maximum absolute atomic E-state index is 11.2. The molecule has 0 heterocycles. The van der Waals surface area contributed by atoms with Crippen molar-refractivity contribution in [3.63, 3.8) is 0 Å². The summed E-state index contributed by atoms with van der Waals surface area (Å²) in [7, 11) is 0. The number of carboxylic acid groups (broad SMARTS) is 1. The van der Waals surface area contributed by atoms with E-state index in [1.54, 1.807) is 12.1 Å². The maximum Gasteiger partial charge on any atom is 0.306 e. The topological polar surface area (TPSA) is 46.5 Å². The first kappa shape index (κ1) is 15.0. The highest BCUT2D eigenvalue weighted by atomic mass is 35.5. The van der Waals surface area contributed by atoms with Gasteiger partial charge < -0.3 is 9.84 Å². The van der Waals surface area contributed by atoms with Gasteiger partial charge in [0, 0.05) is 18.2 Å². The van der Waals surface area contributed by atoms with Crippen molar-refractivity contribution in [2.45, 2.75) is 26.2 Å². The Morgan fingerprint density at radius 3 is 2.61 bits per heavy atom. The molecule has 1 rings (SSSR count). The van der Waals surface area contributed by atoms with Crippen LogP contribution in [0.5, 0.6) is 0 Å². The van der Waals surface area contributed by atoms with Crippen LogP contribution in [0, 0.1) is 5.92 Å². The summed E-state index contributed by atoms with van der Waals surface area (Å²) in [5.74, 6) is -1.10. The Morgan fingerprint density at radius 2 is 2.06 bits per heavy atom. The summed E-state index contributed by atoms with van der Waals surface area (Å²) in [5, 5.41) is 9.85. The average molecular weight is 271 g/mol. The van der Waals surface area contributed by atoms with Crippen molar-refractivity contribution in [2.75, 3.05) is 13.2 Å². The monoisotopic (exact) mass is 270 g/mol. The van der Waals surface area contributed by atoms with Gasteiger partial charge in [-0.25, -0.2) is 0 Å². The van der Waals surface area contributed by atoms with Crippen LogP contribution in [0.2, 0.25) is 5.02 Å². The van der Waals surface area contributed by atoms with Crippen LogP contribution in [0.3, 0.4) is 0 Å². The minimum absolute atomic E-state index is 0.355. The molecule has 0 aliphatic rings. The molecule has 0 saturated heterocycles. The summed E-state index contributed by atoms with van der Waals surface area (Å²) < 4.78 is 5.22. The second-order valence-electron chi connectivity index (χ2n) is 4.20. The molecule has 3 nitrogen and oxygen atoms in total. The summed E-state index contributed by atoms with van der Waals surface area (Å²) in [6, 6.07) is 7.33. The molecule has 0 saturated carbocycles. The molecule has 100 valence electrons. The first-order chi connectivity index (χ1) is 8.63. The maximum atomic E-state index is 11.2. The number of aliphatic carboxylic acids is 1. The minimum atomic E-state index is -0.749. The van der Waals surface area contributed by atoms with E-state index in [2.05, 4.69) is 0 Å². The molecule has 0 aliphatic heterocycles. The smallest absolute Gasteiger partial charge is 0.306 e. The second-order valence-corrected chi connectivity index (χ2v) is 4.64. The molecule has 1 aromatic carbocycles. The Morgan fingerprint density at radius 1 is 1.39 bits per heavy atom. The normalized spacial score (nSPS) is 12.3. The van der Waals surface area contributed by atoms with Gasteiger partial charge in [-0.05, 0) is 43.9 Å². The minimum Gasteiger partial charge on any atom is -0.481 e. The highest BCUT2D eigenvalue weighted by molar-refractivity contribution is 6.30. The molecule has 0 spiro atoms. The van der Waals surface area contributed by atoms with Gasteiger partial charge in [0.15, 0.2) is 0 Å². The fourth-order valence-electron chi connectivity index (χ4n) is 1.79. The van der Waals surface area contributed by atoms with E-state index in [0.29, 0.717) is 31.1 Å². The molecular weight excluding hydrogens is 252 g/mol. The Kier molecular flexibility index (Phi) is 6.76.